The van der Waals surface area contributed by atoms with Gasteiger partial charge in [0.25, 0.3) is 0 Å². The molecule has 0 aromatic heterocycles. The molecule has 1 atom stereocenters. The summed E-state index contributed by atoms with van der Waals surface area (Å²) in [5.74, 6) is 0. The van der Waals surface area contributed by atoms with Gasteiger partial charge < -0.3 is 5.73 Å². The molecule has 0 amide bonds. The largest absolute Gasteiger partial charge is 0.416 e. The fourth-order valence-corrected chi connectivity index (χ4v) is 1.82. The number of hydrogen-bond acceptors (Lipinski definition) is 3. The van der Waals surface area contributed by atoms with E-state index in [4.69, 9.17) is 11.0 Å². The number of rotatable bonds is 2. The molecule has 0 radical (unpaired) electrons. The van der Waals surface area contributed by atoms with Crippen LogP contribution in [0.15, 0.2) is 23.1 Å². The van der Waals surface area contributed by atoms with Gasteiger partial charge in [0, 0.05) is 10.6 Å². The molecule has 1 aromatic rings. The zero-order valence-electron chi connectivity index (χ0n) is 8.38. The number of anilines is 1. The van der Waals surface area contributed by atoms with Gasteiger partial charge in [-0.2, -0.15) is 18.4 Å². The molecular formula is C10H9F3N2S. The van der Waals surface area contributed by atoms with Gasteiger partial charge in [-0.05, 0) is 25.1 Å². The highest BCUT2D eigenvalue weighted by molar-refractivity contribution is 8.00. The summed E-state index contributed by atoms with van der Waals surface area (Å²) in [4.78, 5) is 0.488. The number of benzene rings is 1. The van der Waals surface area contributed by atoms with Crippen LogP contribution in [0.5, 0.6) is 0 Å². The lowest BCUT2D eigenvalue weighted by Crippen LogP contribution is -2.06. The zero-order valence-corrected chi connectivity index (χ0v) is 9.19. The summed E-state index contributed by atoms with van der Waals surface area (Å²) < 4.78 is 36.9. The average Bonchev–Trinajstić information content (AvgIpc) is 2.19. The molecule has 0 aliphatic rings. The molecule has 0 saturated heterocycles. The summed E-state index contributed by atoms with van der Waals surface area (Å²) in [5, 5.41) is 8.23. The lowest BCUT2D eigenvalue weighted by Gasteiger charge is -2.11. The van der Waals surface area contributed by atoms with E-state index in [1.165, 1.54) is 6.07 Å². The highest BCUT2D eigenvalue weighted by atomic mass is 32.2. The summed E-state index contributed by atoms with van der Waals surface area (Å²) in [7, 11) is 0. The van der Waals surface area contributed by atoms with Gasteiger partial charge in [0.1, 0.15) is 0 Å². The van der Waals surface area contributed by atoms with E-state index in [9.17, 15) is 13.2 Å². The van der Waals surface area contributed by atoms with Crippen molar-refractivity contribution in [2.24, 2.45) is 0 Å². The SMILES string of the molecule is CC(C#N)Sc1ccc(C(F)(F)F)cc1N. The fraction of sp³-hybridized carbons (Fsp3) is 0.300. The summed E-state index contributed by atoms with van der Waals surface area (Å²) >= 11 is 1.14. The first kappa shape index (κ1) is 12.7. The predicted molar refractivity (Wildman–Crippen MR) is 56.8 cm³/mol. The monoisotopic (exact) mass is 246 g/mol. The first-order valence-corrected chi connectivity index (χ1v) is 5.25. The molecule has 86 valence electrons. The second-order valence-electron chi connectivity index (χ2n) is 3.14. The third kappa shape index (κ3) is 3.07. The van der Waals surface area contributed by atoms with Gasteiger partial charge in [0.2, 0.25) is 0 Å². The van der Waals surface area contributed by atoms with Crippen LogP contribution in [-0.4, -0.2) is 5.25 Å². The number of nitriles is 1. The van der Waals surface area contributed by atoms with Gasteiger partial charge in [-0.15, -0.1) is 11.8 Å². The second-order valence-corrected chi connectivity index (χ2v) is 4.52. The van der Waals surface area contributed by atoms with Crippen LogP contribution in [0.2, 0.25) is 0 Å². The van der Waals surface area contributed by atoms with E-state index < -0.39 is 11.7 Å². The Morgan fingerprint density at radius 3 is 2.50 bits per heavy atom. The molecular weight excluding hydrogens is 237 g/mol. The summed E-state index contributed by atoms with van der Waals surface area (Å²) in [5.41, 5.74) is 4.76. The lowest BCUT2D eigenvalue weighted by molar-refractivity contribution is -0.137. The Balaban J connectivity index is 2.97. The van der Waals surface area contributed by atoms with Gasteiger partial charge >= 0.3 is 6.18 Å². The summed E-state index contributed by atoms with van der Waals surface area (Å²) in [6.45, 7) is 1.65. The Morgan fingerprint density at radius 1 is 1.44 bits per heavy atom. The van der Waals surface area contributed by atoms with E-state index in [1.807, 2.05) is 6.07 Å². The number of thioether (sulfide) groups is 1. The number of hydrogen-bond donors (Lipinski definition) is 1. The molecule has 0 aliphatic heterocycles. The zero-order chi connectivity index (χ0) is 12.3. The molecule has 1 aromatic carbocycles. The standard InChI is InChI=1S/C10H9F3N2S/c1-6(5-14)16-9-3-2-7(4-8(9)15)10(11,12)13/h2-4,6H,15H2,1H3. The van der Waals surface area contributed by atoms with Gasteiger partial charge in [-0.25, -0.2) is 0 Å². The topological polar surface area (TPSA) is 49.8 Å². The molecule has 0 fully saturated rings. The summed E-state index contributed by atoms with van der Waals surface area (Å²) in [6, 6.07) is 5.10. The van der Waals surface area contributed by atoms with Gasteiger partial charge in [-0.3, -0.25) is 0 Å². The van der Waals surface area contributed by atoms with Crippen LogP contribution in [0, 0.1) is 11.3 Å². The van der Waals surface area contributed by atoms with E-state index in [-0.39, 0.29) is 10.9 Å². The van der Waals surface area contributed by atoms with E-state index in [2.05, 4.69) is 0 Å². The first-order valence-electron chi connectivity index (χ1n) is 4.37. The van der Waals surface area contributed by atoms with Crippen LogP contribution in [0.3, 0.4) is 0 Å². The minimum absolute atomic E-state index is 0.0434. The van der Waals surface area contributed by atoms with Gasteiger partial charge in [0.15, 0.2) is 0 Å². The van der Waals surface area contributed by atoms with Crippen molar-refractivity contribution in [2.45, 2.75) is 23.2 Å². The van der Waals surface area contributed by atoms with Crippen LogP contribution in [0.25, 0.3) is 0 Å². The molecule has 0 aliphatic carbocycles. The Bertz CT molecular complexity index is 423. The number of nitrogen functional groups attached to an aromatic ring is 1. The van der Waals surface area contributed by atoms with E-state index in [0.717, 1.165) is 23.9 Å². The van der Waals surface area contributed by atoms with Crippen molar-refractivity contribution < 1.29 is 13.2 Å². The Morgan fingerprint density at radius 2 is 2.06 bits per heavy atom. The van der Waals surface area contributed by atoms with Crippen molar-refractivity contribution in [1.29, 1.82) is 5.26 Å². The third-order valence-corrected chi connectivity index (χ3v) is 2.91. The van der Waals surface area contributed by atoms with Crippen molar-refractivity contribution in [1.82, 2.24) is 0 Å². The fourth-order valence-electron chi connectivity index (χ4n) is 1.05. The van der Waals surface area contributed by atoms with Crippen LogP contribution >= 0.6 is 11.8 Å². The number of nitrogens with two attached hydrogens (primary N) is 1. The van der Waals surface area contributed by atoms with Gasteiger partial charge in [-0.1, -0.05) is 0 Å². The van der Waals surface area contributed by atoms with Crippen LogP contribution in [0.4, 0.5) is 18.9 Å². The van der Waals surface area contributed by atoms with E-state index in [0.29, 0.717) is 4.90 Å². The quantitative estimate of drug-likeness (QED) is 0.643. The van der Waals surface area contributed by atoms with Crippen LogP contribution < -0.4 is 5.73 Å². The average molecular weight is 246 g/mol. The van der Waals surface area contributed by atoms with E-state index >= 15 is 0 Å². The molecule has 2 nitrogen and oxygen atoms in total. The maximum Gasteiger partial charge on any atom is 0.416 e. The molecule has 0 spiro atoms. The molecule has 0 heterocycles. The van der Waals surface area contributed by atoms with Crippen molar-refractivity contribution in [3.63, 3.8) is 0 Å². The van der Waals surface area contributed by atoms with Crippen LogP contribution in [0.1, 0.15) is 12.5 Å². The number of alkyl halides is 3. The van der Waals surface area contributed by atoms with Gasteiger partial charge in [0.05, 0.1) is 16.9 Å². The molecule has 0 saturated carbocycles. The Labute approximate surface area is 95.2 Å². The van der Waals surface area contributed by atoms with E-state index in [1.54, 1.807) is 6.92 Å². The molecule has 2 N–H and O–H groups in total. The smallest absolute Gasteiger partial charge is 0.398 e. The highest BCUT2D eigenvalue weighted by Gasteiger charge is 2.30. The predicted octanol–water partition coefficient (Wildman–Crippen LogP) is 3.29. The van der Waals surface area contributed by atoms with Crippen LogP contribution in [-0.2, 0) is 6.18 Å². The summed E-state index contributed by atoms with van der Waals surface area (Å²) in [6.07, 6.45) is -4.39. The third-order valence-electron chi connectivity index (χ3n) is 1.82. The van der Waals surface area contributed by atoms with Crippen molar-refractivity contribution >= 4 is 17.4 Å². The number of nitrogens with zero attached hydrogens (tertiary/aromatic N) is 1. The van der Waals surface area contributed by atoms with Crippen molar-refractivity contribution in [2.75, 3.05) is 5.73 Å². The Hall–Kier alpha value is -1.35. The molecule has 6 heteroatoms. The molecule has 0 bridgehead atoms. The minimum Gasteiger partial charge on any atom is -0.398 e. The second kappa shape index (κ2) is 4.66. The van der Waals surface area contributed by atoms with Crippen molar-refractivity contribution in [3.8, 4) is 6.07 Å². The highest BCUT2D eigenvalue weighted by Crippen LogP contribution is 2.35. The Kier molecular flexibility index (Phi) is 3.70. The molecule has 1 unspecified atom stereocenters. The molecule has 1 rings (SSSR count). The minimum atomic E-state index is -4.39. The number of halogens is 3. The van der Waals surface area contributed by atoms with Crippen molar-refractivity contribution in [3.05, 3.63) is 23.8 Å². The lowest BCUT2D eigenvalue weighted by atomic mass is 10.2. The maximum atomic E-state index is 12.3. The maximum absolute atomic E-state index is 12.3. The first-order chi connectivity index (χ1) is 7.34. The normalized spacial score (nSPS) is 13.2. The molecule has 16 heavy (non-hydrogen) atoms.